The van der Waals surface area contributed by atoms with E-state index < -0.39 is 0 Å². The predicted octanol–water partition coefficient (Wildman–Crippen LogP) is 3.71. The number of urea groups is 1. The van der Waals surface area contributed by atoms with Crippen molar-refractivity contribution in [2.45, 2.75) is 13.8 Å². The van der Waals surface area contributed by atoms with Gasteiger partial charge in [0.05, 0.1) is 5.69 Å². The summed E-state index contributed by atoms with van der Waals surface area (Å²) in [7, 11) is 1.61. The maximum absolute atomic E-state index is 12.2. The van der Waals surface area contributed by atoms with Crippen LogP contribution in [0, 0.1) is 13.8 Å². The Hall–Kier alpha value is -3.41. The Bertz CT molecular complexity index is 1010. The first-order chi connectivity index (χ1) is 12.4. The molecule has 0 aliphatic rings. The highest BCUT2D eigenvalue weighted by Crippen LogP contribution is 2.20. The number of nitrogens with zero attached hydrogens (tertiary/aromatic N) is 2. The summed E-state index contributed by atoms with van der Waals surface area (Å²) in [6.45, 7) is 3.97. The molecule has 0 aliphatic carbocycles. The standard InChI is InChI=1S/C20H20N4O2/c1-13-4-9-17(14(2)12-13)22-20(26)21-16-7-5-15(6-8-16)18-10-11-19(25)24(3)23-18/h4-12H,1-3H3,(H2,21,22,26). The highest BCUT2D eigenvalue weighted by Gasteiger charge is 2.06. The van der Waals surface area contributed by atoms with Gasteiger partial charge in [0.2, 0.25) is 0 Å². The zero-order valence-corrected chi connectivity index (χ0v) is 14.9. The quantitative estimate of drug-likeness (QED) is 0.757. The van der Waals surface area contributed by atoms with E-state index in [1.807, 2.05) is 44.2 Å². The molecular formula is C20H20N4O2. The third-order valence-corrected chi connectivity index (χ3v) is 4.03. The molecule has 132 valence electrons. The Labute approximate surface area is 151 Å². The van der Waals surface area contributed by atoms with Crippen molar-refractivity contribution in [2.24, 2.45) is 7.05 Å². The predicted molar refractivity (Wildman–Crippen MR) is 103 cm³/mol. The van der Waals surface area contributed by atoms with E-state index in [1.54, 1.807) is 25.2 Å². The third-order valence-electron chi connectivity index (χ3n) is 4.03. The van der Waals surface area contributed by atoms with Crippen LogP contribution in [-0.2, 0) is 7.05 Å². The van der Waals surface area contributed by atoms with E-state index in [0.29, 0.717) is 11.4 Å². The lowest BCUT2D eigenvalue weighted by molar-refractivity contribution is 0.262. The van der Waals surface area contributed by atoms with Crippen LogP contribution in [0.3, 0.4) is 0 Å². The van der Waals surface area contributed by atoms with E-state index in [4.69, 9.17) is 0 Å². The Morgan fingerprint density at radius 1 is 0.962 bits per heavy atom. The molecule has 0 atom stereocenters. The van der Waals surface area contributed by atoms with Crippen LogP contribution in [0.5, 0.6) is 0 Å². The summed E-state index contributed by atoms with van der Waals surface area (Å²) in [6.07, 6.45) is 0. The van der Waals surface area contributed by atoms with Gasteiger partial charge >= 0.3 is 6.03 Å². The number of aryl methyl sites for hydroxylation is 3. The Balaban J connectivity index is 1.69. The smallest absolute Gasteiger partial charge is 0.308 e. The van der Waals surface area contributed by atoms with E-state index in [-0.39, 0.29) is 11.6 Å². The fourth-order valence-electron chi connectivity index (χ4n) is 2.62. The van der Waals surface area contributed by atoms with Crippen LogP contribution in [0.15, 0.2) is 59.4 Å². The highest BCUT2D eigenvalue weighted by atomic mass is 16.2. The first kappa shape index (κ1) is 17.4. The lowest BCUT2D eigenvalue weighted by atomic mass is 10.1. The Morgan fingerprint density at radius 2 is 1.69 bits per heavy atom. The van der Waals surface area contributed by atoms with Gasteiger partial charge in [-0.1, -0.05) is 29.8 Å². The summed E-state index contributed by atoms with van der Waals surface area (Å²) in [4.78, 5) is 23.6. The summed E-state index contributed by atoms with van der Waals surface area (Å²) >= 11 is 0. The van der Waals surface area contributed by atoms with Gasteiger partial charge in [0, 0.05) is 30.1 Å². The lowest BCUT2D eigenvalue weighted by Crippen LogP contribution is -2.20. The molecule has 3 aromatic rings. The summed E-state index contributed by atoms with van der Waals surface area (Å²) in [5, 5.41) is 9.86. The fourth-order valence-corrected chi connectivity index (χ4v) is 2.62. The summed E-state index contributed by atoms with van der Waals surface area (Å²) in [5.74, 6) is 0. The monoisotopic (exact) mass is 348 g/mol. The van der Waals surface area contributed by atoms with Gasteiger partial charge < -0.3 is 10.6 Å². The van der Waals surface area contributed by atoms with Crippen molar-refractivity contribution in [3.05, 3.63) is 76.1 Å². The third kappa shape index (κ3) is 3.97. The van der Waals surface area contributed by atoms with Crippen molar-refractivity contribution in [3.8, 4) is 11.3 Å². The topological polar surface area (TPSA) is 76.0 Å². The first-order valence-electron chi connectivity index (χ1n) is 8.22. The maximum Gasteiger partial charge on any atom is 0.323 e. The van der Waals surface area contributed by atoms with Gasteiger partial charge in [-0.15, -0.1) is 0 Å². The molecule has 0 aliphatic heterocycles. The lowest BCUT2D eigenvalue weighted by Gasteiger charge is -2.11. The summed E-state index contributed by atoms with van der Waals surface area (Å²) < 4.78 is 1.29. The second kappa shape index (κ2) is 7.23. The number of nitrogens with one attached hydrogen (secondary N) is 2. The van der Waals surface area contributed by atoms with Crippen LogP contribution < -0.4 is 16.2 Å². The first-order valence-corrected chi connectivity index (χ1v) is 8.22. The number of anilines is 2. The molecule has 0 fully saturated rings. The maximum atomic E-state index is 12.2. The molecule has 6 nitrogen and oxygen atoms in total. The van der Waals surface area contributed by atoms with Crippen molar-refractivity contribution in [2.75, 3.05) is 10.6 Å². The highest BCUT2D eigenvalue weighted by molar-refractivity contribution is 6.00. The normalized spacial score (nSPS) is 10.4. The molecule has 0 unspecified atom stereocenters. The minimum Gasteiger partial charge on any atom is -0.308 e. The van der Waals surface area contributed by atoms with Crippen molar-refractivity contribution < 1.29 is 4.79 Å². The molecular weight excluding hydrogens is 328 g/mol. The SMILES string of the molecule is Cc1ccc(NC(=O)Nc2ccc(-c3ccc(=O)n(C)n3)cc2)c(C)c1. The van der Waals surface area contributed by atoms with Gasteiger partial charge in [-0.2, -0.15) is 5.10 Å². The van der Waals surface area contributed by atoms with Gasteiger partial charge in [0.1, 0.15) is 0 Å². The molecule has 2 aromatic carbocycles. The summed E-state index contributed by atoms with van der Waals surface area (Å²) in [6, 6.07) is 16.0. The molecule has 6 heteroatoms. The molecule has 0 spiro atoms. The minimum absolute atomic E-state index is 0.157. The fraction of sp³-hybridized carbons (Fsp3) is 0.150. The van der Waals surface area contributed by atoms with Crippen LogP contribution in [0.2, 0.25) is 0 Å². The molecule has 0 radical (unpaired) electrons. The molecule has 0 saturated carbocycles. The molecule has 2 amide bonds. The molecule has 3 rings (SSSR count). The molecule has 1 aromatic heterocycles. The number of rotatable bonds is 3. The van der Waals surface area contributed by atoms with E-state index in [2.05, 4.69) is 15.7 Å². The number of hydrogen-bond acceptors (Lipinski definition) is 3. The van der Waals surface area contributed by atoms with E-state index in [1.165, 1.54) is 10.7 Å². The number of aromatic nitrogens is 2. The number of carbonyl (C=O) groups excluding carboxylic acids is 1. The minimum atomic E-state index is -0.301. The second-order valence-corrected chi connectivity index (χ2v) is 6.16. The van der Waals surface area contributed by atoms with Gasteiger partial charge in [-0.3, -0.25) is 4.79 Å². The summed E-state index contributed by atoms with van der Waals surface area (Å²) in [5.41, 5.74) is 5.00. The zero-order valence-electron chi connectivity index (χ0n) is 14.9. The van der Waals surface area contributed by atoms with Crippen LogP contribution in [0.25, 0.3) is 11.3 Å². The number of amides is 2. The van der Waals surface area contributed by atoms with Crippen molar-refractivity contribution in [1.29, 1.82) is 0 Å². The van der Waals surface area contributed by atoms with E-state index in [9.17, 15) is 9.59 Å². The van der Waals surface area contributed by atoms with Crippen molar-refractivity contribution in [3.63, 3.8) is 0 Å². The zero-order chi connectivity index (χ0) is 18.7. The molecule has 26 heavy (non-hydrogen) atoms. The average molecular weight is 348 g/mol. The number of hydrogen-bond donors (Lipinski definition) is 2. The van der Waals surface area contributed by atoms with Gasteiger partial charge in [0.15, 0.2) is 0 Å². The van der Waals surface area contributed by atoms with Crippen LogP contribution >= 0.6 is 0 Å². The average Bonchev–Trinajstić information content (AvgIpc) is 2.60. The molecule has 1 heterocycles. The van der Waals surface area contributed by atoms with Crippen LogP contribution in [-0.4, -0.2) is 15.8 Å². The van der Waals surface area contributed by atoms with E-state index in [0.717, 1.165) is 22.4 Å². The van der Waals surface area contributed by atoms with Crippen LogP contribution in [0.1, 0.15) is 11.1 Å². The molecule has 0 saturated heterocycles. The largest absolute Gasteiger partial charge is 0.323 e. The van der Waals surface area contributed by atoms with Crippen molar-refractivity contribution >= 4 is 17.4 Å². The molecule has 2 N–H and O–H groups in total. The van der Waals surface area contributed by atoms with Crippen LogP contribution in [0.4, 0.5) is 16.2 Å². The second-order valence-electron chi connectivity index (χ2n) is 6.16. The van der Waals surface area contributed by atoms with Gasteiger partial charge in [-0.25, -0.2) is 9.48 Å². The van der Waals surface area contributed by atoms with Gasteiger partial charge in [-0.05, 0) is 43.7 Å². The number of benzene rings is 2. The van der Waals surface area contributed by atoms with E-state index >= 15 is 0 Å². The van der Waals surface area contributed by atoms with Crippen molar-refractivity contribution in [1.82, 2.24) is 9.78 Å². The molecule has 0 bridgehead atoms. The number of carbonyl (C=O) groups is 1. The Morgan fingerprint density at radius 3 is 2.35 bits per heavy atom. The Kier molecular flexibility index (Phi) is 4.84. The van der Waals surface area contributed by atoms with Gasteiger partial charge in [0.25, 0.3) is 5.56 Å².